The van der Waals surface area contributed by atoms with Crippen molar-refractivity contribution in [2.45, 2.75) is 71.1 Å². The lowest BCUT2D eigenvalue weighted by atomic mass is 10.0. The number of carboxylic acid groups (broad SMARTS) is 1. The van der Waals surface area contributed by atoms with Crippen LogP contribution in [0.5, 0.6) is 0 Å². The van der Waals surface area contributed by atoms with Crippen LogP contribution in [0.2, 0.25) is 0 Å². The molecule has 0 aliphatic heterocycles. The number of aromatic nitrogens is 1. The van der Waals surface area contributed by atoms with Gasteiger partial charge < -0.3 is 37.5 Å². The van der Waals surface area contributed by atoms with Gasteiger partial charge in [-0.25, -0.2) is 4.79 Å². The van der Waals surface area contributed by atoms with Crippen molar-refractivity contribution in [1.29, 1.82) is 0 Å². The smallest absolute Gasteiger partial charge is 0.326 e. The monoisotopic (exact) mass is 530 g/mol. The maximum Gasteiger partial charge on any atom is 0.326 e. The van der Waals surface area contributed by atoms with Crippen molar-refractivity contribution in [3.63, 3.8) is 0 Å². The van der Waals surface area contributed by atoms with Gasteiger partial charge in [0, 0.05) is 29.9 Å². The van der Waals surface area contributed by atoms with Gasteiger partial charge in [0.05, 0.1) is 6.04 Å². The maximum atomic E-state index is 13.5. The van der Waals surface area contributed by atoms with Crippen LogP contribution in [-0.4, -0.2) is 63.9 Å². The Morgan fingerprint density at radius 3 is 2.08 bits per heavy atom. The topological polar surface area (TPSA) is 209 Å². The first-order chi connectivity index (χ1) is 17.8. The van der Waals surface area contributed by atoms with Crippen molar-refractivity contribution < 1.29 is 29.1 Å². The van der Waals surface area contributed by atoms with Crippen molar-refractivity contribution in [3.05, 3.63) is 36.0 Å². The van der Waals surface area contributed by atoms with E-state index in [1.54, 1.807) is 33.9 Å². The first-order valence-corrected chi connectivity index (χ1v) is 12.5. The lowest BCUT2D eigenvalue weighted by Gasteiger charge is -2.26. The van der Waals surface area contributed by atoms with Gasteiger partial charge in [-0.05, 0) is 29.9 Å². The summed E-state index contributed by atoms with van der Waals surface area (Å²) in [7, 11) is 0. The number of hydrogen-bond acceptors (Lipinski definition) is 6. The number of hydrogen-bond donors (Lipinski definition) is 7. The molecule has 9 N–H and O–H groups in total. The number of nitrogens with two attached hydrogens (primary N) is 2. The van der Waals surface area contributed by atoms with E-state index in [1.165, 1.54) is 0 Å². The summed E-state index contributed by atoms with van der Waals surface area (Å²) >= 11 is 0. The number of rotatable bonds is 14. The number of carbonyl (C=O) groups is 5. The van der Waals surface area contributed by atoms with E-state index in [9.17, 15) is 29.1 Å². The molecule has 0 saturated heterocycles. The zero-order valence-electron chi connectivity index (χ0n) is 22.1. The molecular weight excluding hydrogens is 492 g/mol. The average molecular weight is 531 g/mol. The number of benzene rings is 1. The molecule has 1 aromatic carbocycles. The third-order valence-corrected chi connectivity index (χ3v) is 6.30. The van der Waals surface area contributed by atoms with Crippen LogP contribution in [-0.2, 0) is 30.4 Å². The summed E-state index contributed by atoms with van der Waals surface area (Å²) in [5, 5.41) is 18.0. The van der Waals surface area contributed by atoms with Gasteiger partial charge in [0.2, 0.25) is 23.6 Å². The van der Waals surface area contributed by atoms with E-state index in [-0.39, 0.29) is 25.2 Å². The molecule has 0 bridgehead atoms. The summed E-state index contributed by atoms with van der Waals surface area (Å²) in [6, 6.07) is 3.00. The molecule has 4 atom stereocenters. The van der Waals surface area contributed by atoms with Gasteiger partial charge in [0.25, 0.3) is 0 Å². The predicted molar refractivity (Wildman–Crippen MR) is 142 cm³/mol. The number of H-pyrrole nitrogens is 1. The number of amides is 4. The molecule has 0 spiro atoms. The fourth-order valence-corrected chi connectivity index (χ4v) is 3.90. The molecule has 0 aliphatic rings. The molecule has 1 heterocycles. The molecule has 1 aromatic heterocycles. The van der Waals surface area contributed by atoms with Gasteiger partial charge >= 0.3 is 5.97 Å². The highest BCUT2D eigenvalue weighted by Gasteiger charge is 2.32. The largest absolute Gasteiger partial charge is 0.480 e. The van der Waals surface area contributed by atoms with Gasteiger partial charge in [-0.15, -0.1) is 0 Å². The van der Waals surface area contributed by atoms with Crippen LogP contribution < -0.4 is 27.4 Å². The van der Waals surface area contributed by atoms with Gasteiger partial charge in [0.15, 0.2) is 0 Å². The van der Waals surface area contributed by atoms with E-state index < -0.39 is 59.7 Å². The van der Waals surface area contributed by atoms with E-state index in [0.717, 1.165) is 16.5 Å². The number of carboxylic acids is 1. The zero-order chi connectivity index (χ0) is 28.6. The van der Waals surface area contributed by atoms with Crippen molar-refractivity contribution >= 4 is 40.5 Å². The number of aliphatic carboxylic acids is 1. The summed E-state index contributed by atoms with van der Waals surface area (Å²) in [4.78, 5) is 65.4. The fraction of sp³-hybridized carbons (Fsp3) is 0.500. The number of aromatic amines is 1. The molecule has 0 aliphatic carbocycles. The number of para-hydroxylation sites is 1. The van der Waals surface area contributed by atoms with Gasteiger partial charge in [-0.2, -0.15) is 0 Å². The molecule has 12 nitrogen and oxygen atoms in total. The molecule has 2 rings (SSSR count). The third-order valence-electron chi connectivity index (χ3n) is 6.30. The first-order valence-electron chi connectivity index (χ1n) is 12.5. The van der Waals surface area contributed by atoms with Crippen LogP contribution in [0.1, 0.15) is 46.1 Å². The summed E-state index contributed by atoms with van der Waals surface area (Å²) < 4.78 is 0. The van der Waals surface area contributed by atoms with Crippen LogP contribution in [0.15, 0.2) is 30.5 Å². The molecule has 0 saturated carbocycles. The molecule has 2 aromatic rings. The minimum absolute atomic E-state index is 0.0836. The number of primary amides is 1. The summed E-state index contributed by atoms with van der Waals surface area (Å²) in [6.07, 6.45) is 1.43. The second kappa shape index (κ2) is 13.6. The van der Waals surface area contributed by atoms with E-state index in [2.05, 4.69) is 20.9 Å². The van der Waals surface area contributed by atoms with Crippen molar-refractivity contribution in [2.24, 2.45) is 23.3 Å². The molecule has 208 valence electrons. The summed E-state index contributed by atoms with van der Waals surface area (Å²) in [5.74, 6) is -4.57. The SMILES string of the molecule is CC(C)C(N)C(=O)NC(Cc1c[nH]c2ccccc12)C(=O)NC(CCC(N)=O)C(=O)NC(C(=O)O)C(C)C. The lowest BCUT2D eigenvalue weighted by molar-refractivity contribution is -0.143. The quantitative estimate of drug-likeness (QED) is 0.180. The minimum Gasteiger partial charge on any atom is -0.480 e. The van der Waals surface area contributed by atoms with E-state index in [4.69, 9.17) is 11.5 Å². The Morgan fingerprint density at radius 1 is 0.895 bits per heavy atom. The summed E-state index contributed by atoms with van der Waals surface area (Å²) in [5.41, 5.74) is 12.8. The average Bonchev–Trinajstić information content (AvgIpc) is 3.25. The number of fused-ring (bicyclic) bond motifs is 1. The van der Waals surface area contributed by atoms with Crippen molar-refractivity contribution in [2.75, 3.05) is 0 Å². The van der Waals surface area contributed by atoms with Gasteiger partial charge in [-0.3, -0.25) is 19.2 Å². The Morgan fingerprint density at radius 2 is 1.50 bits per heavy atom. The fourth-order valence-electron chi connectivity index (χ4n) is 3.90. The van der Waals surface area contributed by atoms with Crippen LogP contribution >= 0.6 is 0 Å². The van der Waals surface area contributed by atoms with E-state index in [1.807, 2.05) is 24.3 Å². The van der Waals surface area contributed by atoms with Crippen LogP contribution in [0.4, 0.5) is 0 Å². The van der Waals surface area contributed by atoms with E-state index >= 15 is 0 Å². The highest BCUT2D eigenvalue weighted by molar-refractivity contribution is 5.95. The second-order valence-electron chi connectivity index (χ2n) is 10.0. The molecule has 12 heteroatoms. The van der Waals surface area contributed by atoms with Gasteiger partial charge in [0.1, 0.15) is 18.1 Å². The second-order valence-corrected chi connectivity index (χ2v) is 10.0. The standard InChI is InChI=1S/C26H38N6O6/c1-13(2)21(28)25(36)31-19(11-15-12-29-17-8-6-5-7-16(15)17)24(35)30-18(9-10-20(27)33)23(34)32-22(14(3)4)26(37)38/h5-8,12-14,18-19,21-22,29H,9-11,28H2,1-4H3,(H2,27,33)(H,30,35)(H,31,36)(H,32,34)(H,37,38). The van der Waals surface area contributed by atoms with E-state index in [0.29, 0.717) is 0 Å². The minimum atomic E-state index is -1.27. The Labute approximate surface area is 221 Å². The molecule has 4 amide bonds. The molecule has 0 fully saturated rings. The Balaban J connectivity index is 2.33. The zero-order valence-corrected chi connectivity index (χ0v) is 22.1. The predicted octanol–water partition coefficient (Wildman–Crippen LogP) is 0.154. The number of nitrogens with one attached hydrogen (secondary N) is 4. The third kappa shape index (κ3) is 8.30. The first kappa shape index (κ1) is 30.3. The lowest BCUT2D eigenvalue weighted by Crippen LogP contribution is -2.58. The molecule has 0 radical (unpaired) electrons. The Hall–Kier alpha value is -3.93. The highest BCUT2D eigenvalue weighted by Crippen LogP contribution is 2.19. The van der Waals surface area contributed by atoms with Crippen molar-refractivity contribution in [3.8, 4) is 0 Å². The van der Waals surface area contributed by atoms with Crippen LogP contribution in [0, 0.1) is 11.8 Å². The van der Waals surface area contributed by atoms with Gasteiger partial charge in [-0.1, -0.05) is 45.9 Å². The maximum absolute atomic E-state index is 13.5. The van der Waals surface area contributed by atoms with Crippen LogP contribution in [0.3, 0.4) is 0 Å². The van der Waals surface area contributed by atoms with Crippen LogP contribution in [0.25, 0.3) is 10.9 Å². The Kier molecular flexibility index (Phi) is 10.8. The normalized spacial score (nSPS) is 14.5. The molecular formula is C26H38N6O6. The summed E-state index contributed by atoms with van der Waals surface area (Å²) in [6.45, 7) is 6.80. The highest BCUT2D eigenvalue weighted by atomic mass is 16.4. The Bertz CT molecular complexity index is 1160. The molecule has 38 heavy (non-hydrogen) atoms. The number of carbonyl (C=O) groups excluding carboxylic acids is 4. The van der Waals surface area contributed by atoms with Crippen molar-refractivity contribution in [1.82, 2.24) is 20.9 Å². The molecule has 4 unspecified atom stereocenters.